The molecule has 32 heavy (non-hydrogen) atoms. The highest BCUT2D eigenvalue weighted by molar-refractivity contribution is 6.34. The van der Waals surface area contributed by atoms with Crippen LogP contribution in [0.3, 0.4) is 0 Å². The fourth-order valence-electron chi connectivity index (χ4n) is 5.33. The van der Waals surface area contributed by atoms with Crippen LogP contribution < -0.4 is 16.6 Å². The molecule has 0 radical (unpaired) electrons. The Kier molecular flexibility index (Phi) is 4.67. The summed E-state index contributed by atoms with van der Waals surface area (Å²) in [5.41, 5.74) is 9.01. The van der Waals surface area contributed by atoms with Gasteiger partial charge in [0, 0.05) is 53.5 Å². The zero-order valence-corrected chi connectivity index (χ0v) is 18.9. The zero-order chi connectivity index (χ0) is 22.7. The number of aromatic nitrogens is 2. The van der Waals surface area contributed by atoms with Crippen LogP contribution in [0, 0.1) is 5.41 Å². The Balaban J connectivity index is 1.60. The number of carbonyl (C=O) groups is 1. The van der Waals surface area contributed by atoms with Crippen molar-refractivity contribution in [1.82, 2.24) is 9.55 Å². The second-order valence-electron chi connectivity index (χ2n) is 9.36. The summed E-state index contributed by atoms with van der Waals surface area (Å²) in [6.07, 6.45) is 5.73. The molecule has 5 rings (SSSR count). The number of halogens is 1. The van der Waals surface area contributed by atoms with Crippen LogP contribution in [0.1, 0.15) is 31.7 Å². The number of primary amides is 1. The van der Waals surface area contributed by atoms with Gasteiger partial charge in [-0.1, -0.05) is 36.7 Å². The van der Waals surface area contributed by atoms with E-state index in [0.29, 0.717) is 23.6 Å². The van der Waals surface area contributed by atoms with E-state index in [9.17, 15) is 9.59 Å². The maximum Gasteiger partial charge on any atom is 0.258 e. The maximum absolute atomic E-state index is 12.6. The first-order valence-electron chi connectivity index (χ1n) is 10.7. The number of carbonyl (C=O) groups excluding carboxylic acids is 1. The van der Waals surface area contributed by atoms with E-state index >= 15 is 0 Å². The Morgan fingerprint density at radius 1 is 1.19 bits per heavy atom. The summed E-state index contributed by atoms with van der Waals surface area (Å²) in [5.74, 6) is 0.515. The van der Waals surface area contributed by atoms with Gasteiger partial charge in [-0.2, -0.15) is 0 Å². The third kappa shape index (κ3) is 3.05. The van der Waals surface area contributed by atoms with Crippen molar-refractivity contribution >= 4 is 23.3 Å². The molecule has 6 nitrogen and oxygen atoms in total. The zero-order valence-electron chi connectivity index (χ0n) is 18.1. The average molecular weight is 449 g/mol. The minimum Gasteiger partial charge on any atom is -0.369 e. The van der Waals surface area contributed by atoms with Crippen molar-refractivity contribution in [3.63, 3.8) is 0 Å². The summed E-state index contributed by atoms with van der Waals surface area (Å²) in [6.45, 7) is 2.64. The van der Waals surface area contributed by atoms with Gasteiger partial charge in [-0.15, -0.1) is 0 Å². The Bertz CT molecular complexity index is 1320. The summed E-state index contributed by atoms with van der Waals surface area (Å²) < 4.78 is 1.57. The number of anilines is 1. The smallest absolute Gasteiger partial charge is 0.258 e. The third-order valence-corrected chi connectivity index (χ3v) is 7.62. The minimum absolute atomic E-state index is 0.0531. The molecule has 2 aliphatic rings. The van der Waals surface area contributed by atoms with Crippen molar-refractivity contribution in [3.8, 4) is 22.3 Å². The van der Waals surface area contributed by atoms with Gasteiger partial charge in [-0.05, 0) is 48.6 Å². The predicted molar refractivity (Wildman–Crippen MR) is 127 cm³/mol. The van der Waals surface area contributed by atoms with Crippen LogP contribution in [0.5, 0.6) is 0 Å². The SMILES string of the molecule is Cn1cccc(-c2cccc(-c3cnc4c(c3Cl)[C@]3(CC[C@](C)(C(N)=O)C3)CN4)c2)c1=O. The van der Waals surface area contributed by atoms with E-state index in [1.165, 1.54) is 0 Å². The Morgan fingerprint density at radius 2 is 1.94 bits per heavy atom. The van der Waals surface area contributed by atoms with E-state index in [-0.39, 0.29) is 16.9 Å². The van der Waals surface area contributed by atoms with E-state index < -0.39 is 5.41 Å². The molecule has 3 heterocycles. The molecule has 2 atom stereocenters. The number of hydrogen-bond donors (Lipinski definition) is 2. The molecule has 1 fully saturated rings. The lowest BCUT2D eigenvalue weighted by Gasteiger charge is -2.27. The molecule has 1 amide bonds. The summed E-state index contributed by atoms with van der Waals surface area (Å²) in [6, 6.07) is 11.5. The fourth-order valence-corrected chi connectivity index (χ4v) is 5.78. The van der Waals surface area contributed by atoms with Crippen molar-refractivity contribution in [2.75, 3.05) is 11.9 Å². The number of fused-ring (bicyclic) bond motifs is 2. The quantitative estimate of drug-likeness (QED) is 0.631. The molecule has 3 aromatic rings. The van der Waals surface area contributed by atoms with Crippen LogP contribution in [0.15, 0.2) is 53.6 Å². The lowest BCUT2D eigenvalue weighted by Crippen LogP contribution is -2.35. The number of nitrogens with zero attached hydrogens (tertiary/aromatic N) is 2. The molecule has 3 N–H and O–H groups in total. The van der Waals surface area contributed by atoms with Gasteiger partial charge in [0.15, 0.2) is 0 Å². The van der Waals surface area contributed by atoms with Crippen LogP contribution in [0.4, 0.5) is 5.82 Å². The Morgan fingerprint density at radius 3 is 2.66 bits per heavy atom. The highest BCUT2D eigenvalue weighted by Gasteiger charge is 2.53. The van der Waals surface area contributed by atoms with Crippen LogP contribution in [-0.2, 0) is 17.3 Å². The molecule has 1 aromatic carbocycles. The first-order valence-corrected chi connectivity index (χ1v) is 11.1. The van der Waals surface area contributed by atoms with Crippen LogP contribution in [-0.4, -0.2) is 22.0 Å². The van der Waals surface area contributed by atoms with E-state index in [0.717, 1.165) is 40.9 Å². The number of nitrogens with one attached hydrogen (secondary N) is 1. The second-order valence-corrected chi connectivity index (χ2v) is 9.74. The van der Waals surface area contributed by atoms with Crippen molar-refractivity contribution < 1.29 is 4.79 Å². The normalized spacial score (nSPS) is 23.8. The molecule has 2 aromatic heterocycles. The second kappa shape index (κ2) is 7.20. The Hall–Kier alpha value is -3.12. The van der Waals surface area contributed by atoms with Gasteiger partial charge < -0.3 is 15.6 Å². The van der Waals surface area contributed by atoms with E-state index in [2.05, 4.69) is 10.3 Å². The van der Waals surface area contributed by atoms with Crippen molar-refractivity contribution in [1.29, 1.82) is 0 Å². The van der Waals surface area contributed by atoms with Crippen molar-refractivity contribution in [2.24, 2.45) is 18.2 Å². The van der Waals surface area contributed by atoms with Gasteiger partial charge >= 0.3 is 0 Å². The van der Waals surface area contributed by atoms with E-state index in [4.69, 9.17) is 17.3 Å². The lowest BCUT2D eigenvalue weighted by molar-refractivity contribution is -0.126. The van der Waals surface area contributed by atoms with Gasteiger partial charge in [0.05, 0.1) is 5.02 Å². The minimum atomic E-state index is -0.546. The molecule has 0 unspecified atom stereocenters. The Labute approximate surface area is 191 Å². The lowest BCUT2D eigenvalue weighted by atomic mass is 9.76. The highest BCUT2D eigenvalue weighted by Crippen LogP contribution is 2.57. The molecule has 1 aliphatic carbocycles. The molecule has 1 spiro atoms. The molecule has 1 saturated carbocycles. The number of rotatable bonds is 3. The van der Waals surface area contributed by atoms with Gasteiger partial charge in [0.1, 0.15) is 5.82 Å². The summed E-state index contributed by atoms with van der Waals surface area (Å²) in [4.78, 5) is 29.4. The number of benzene rings is 1. The largest absolute Gasteiger partial charge is 0.369 e. The van der Waals surface area contributed by atoms with E-state index in [1.54, 1.807) is 24.0 Å². The molecule has 1 aliphatic heterocycles. The number of nitrogens with two attached hydrogens (primary N) is 1. The van der Waals surface area contributed by atoms with Gasteiger partial charge in [-0.3, -0.25) is 9.59 Å². The number of pyridine rings is 2. The fraction of sp³-hybridized carbons (Fsp3) is 0.320. The number of amides is 1. The number of aryl methyl sites for hydroxylation is 1. The van der Waals surface area contributed by atoms with Crippen LogP contribution in [0.2, 0.25) is 5.02 Å². The molecule has 7 heteroatoms. The van der Waals surface area contributed by atoms with E-state index in [1.807, 2.05) is 43.3 Å². The van der Waals surface area contributed by atoms with Gasteiger partial charge in [0.25, 0.3) is 5.56 Å². The van der Waals surface area contributed by atoms with Crippen molar-refractivity contribution in [2.45, 2.75) is 31.6 Å². The first kappa shape index (κ1) is 20.8. The van der Waals surface area contributed by atoms with Crippen LogP contribution in [0.25, 0.3) is 22.3 Å². The molecule has 164 valence electrons. The number of hydrogen-bond acceptors (Lipinski definition) is 4. The summed E-state index contributed by atoms with van der Waals surface area (Å²) >= 11 is 7.02. The van der Waals surface area contributed by atoms with Crippen molar-refractivity contribution in [3.05, 3.63) is 69.7 Å². The predicted octanol–water partition coefficient (Wildman–Crippen LogP) is 4.11. The molecular formula is C25H25ClN4O2. The monoisotopic (exact) mass is 448 g/mol. The average Bonchev–Trinajstić information content (AvgIpc) is 3.32. The molecular weight excluding hydrogens is 424 g/mol. The third-order valence-electron chi connectivity index (χ3n) is 7.23. The van der Waals surface area contributed by atoms with Gasteiger partial charge in [-0.25, -0.2) is 4.98 Å². The maximum atomic E-state index is 12.6. The molecule has 0 saturated heterocycles. The summed E-state index contributed by atoms with van der Waals surface area (Å²) in [5, 5.41) is 4.03. The highest BCUT2D eigenvalue weighted by atomic mass is 35.5. The summed E-state index contributed by atoms with van der Waals surface area (Å²) in [7, 11) is 1.74. The van der Waals surface area contributed by atoms with Crippen LogP contribution >= 0.6 is 11.6 Å². The molecule has 0 bridgehead atoms. The standard InChI is InChI=1S/C25H25ClN4O2/c1-24(23(27)32)8-9-25(13-24)14-29-21-19(25)20(26)18(12-28-21)16-6-3-5-15(11-16)17-7-4-10-30(2)22(17)31/h3-7,10-12H,8-9,13-14H2,1-2H3,(H2,27,32)(H,28,29)/t24-,25-/m0/s1. The van der Waals surface area contributed by atoms with Gasteiger partial charge in [0.2, 0.25) is 5.91 Å². The first-order chi connectivity index (χ1) is 15.2. The topological polar surface area (TPSA) is 90.0 Å².